The highest BCUT2D eigenvalue weighted by molar-refractivity contribution is 7.03. The molecule has 1 aliphatic heterocycles. The summed E-state index contributed by atoms with van der Waals surface area (Å²) in [6.07, 6.45) is 0. The zero-order valence-electron chi connectivity index (χ0n) is 21.0. The summed E-state index contributed by atoms with van der Waals surface area (Å²) in [5.74, 6) is 0. The largest absolute Gasteiger partial charge is 0.113 e. The molecule has 0 aliphatic carbocycles. The van der Waals surface area contributed by atoms with Gasteiger partial charge in [-0.25, -0.2) is 0 Å². The lowest BCUT2D eigenvalue weighted by molar-refractivity contribution is 1.51. The van der Waals surface area contributed by atoms with Crippen LogP contribution in [0.1, 0.15) is 5.56 Å². The summed E-state index contributed by atoms with van der Waals surface area (Å²) in [6, 6.07) is 43.1. The van der Waals surface area contributed by atoms with Gasteiger partial charge in [0, 0.05) is 0 Å². The monoisotopic (exact) mass is 476 g/mol. The maximum Gasteiger partial charge on any atom is 0.113 e. The van der Waals surface area contributed by atoms with E-state index >= 15 is 0 Å². The first kappa shape index (κ1) is 21.3. The second-order valence-electron chi connectivity index (χ2n) is 10.6. The summed E-state index contributed by atoms with van der Waals surface area (Å²) in [7, 11) is -1.76. The summed E-state index contributed by atoms with van der Waals surface area (Å²) < 4.78 is 0. The van der Waals surface area contributed by atoms with Crippen LogP contribution in [0.4, 0.5) is 0 Å². The number of fused-ring (bicyclic) bond motifs is 5. The summed E-state index contributed by atoms with van der Waals surface area (Å²) in [6.45, 7) is 7.20. The molecule has 0 bridgehead atoms. The molecule has 0 unspecified atom stereocenters. The molecule has 0 spiro atoms. The molecule has 6 aromatic rings. The maximum atomic E-state index is 2.52. The van der Waals surface area contributed by atoms with E-state index in [1.54, 1.807) is 10.4 Å². The van der Waals surface area contributed by atoms with Crippen molar-refractivity contribution in [2.45, 2.75) is 20.0 Å². The third-order valence-electron chi connectivity index (χ3n) is 8.11. The fourth-order valence-electron chi connectivity index (χ4n) is 6.38. The molecule has 1 heterocycles. The third-order valence-corrected chi connectivity index (χ3v) is 11.7. The molecule has 0 saturated heterocycles. The van der Waals surface area contributed by atoms with Crippen molar-refractivity contribution in [1.82, 2.24) is 0 Å². The van der Waals surface area contributed by atoms with E-state index in [4.69, 9.17) is 0 Å². The predicted molar refractivity (Wildman–Crippen MR) is 159 cm³/mol. The summed E-state index contributed by atoms with van der Waals surface area (Å²) >= 11 is 0. The van der Waals surface area contributed by atoms with Gasteiger partial charge in [-0.3, -0.25) is 0 Å². The fraction of sp³-hybridized carbons (Fsp3) is 0.0857. The SMILES string of the molecule is Cc1ccc2c(-c3ccccc3)c3ccccc3c(-c3ccc4c(c3)[Si](C)(C)c3ccccc3-4)c2c1. The molecular formula is C35H28Si. The van der Waals surface area contributed by atoms with Gasteiger partial charge in [0.2, 0.25) is 0 Å². The highest BCUT2D eigenvalue weighted by Gasteiger charge is 2.37. The van der Waals surface area contributed by atoms with Crippen LogP contribution in [0.15, 0.2) is 115 Å². The fourth-order valence-corrected chi connectivity index (χ4v) is 9.48. The van der Waals surface area contributed by atoms with Gasteiger partial charge < -0.3 is 0 Å². The standard InChI is InChI=1S/C35H28Si/c1-23-17-19-30-31(21-23)35(29-15-8-7-14-28(29)34(30)24-11-5-4-6-12-24)25-18-20-27-26-13-9-10-16-32(26)36(2,3)33(27)22-25/h4-22H,1-3H3. The Balaban J connectivity index is 1.59. The van der Waals surface area contributed by atoms with E-state index < -0.39 is 8.07 Å². The molecule has 0 radical (unpaired) electrons. The lowest BCUT2D eigenvalue weighted by atomic mass is 9.85. The van der Waals surface area contributed by atoms with Gasteiger partial charge in [0.1, 0.15) is 8.07 Å². The second kappa shape index (κ2) is 7.78. The van der Waals surface area contributed by atoms with E-state index in [1.165, 1.54) is 60.5 Å². The van der Waals surface area contributed by atoms with Crippen molar-refractivity contribution < 1.29 is 0 Å². The van der Waals surface area contributed by atoms with E-state index in [1.807, 2.05) is 0 Å². The summed E-state index contributed by atoms with van der Waals surface area (Å²) in [5.41, 5.74) is 9.43. The van der Waals surface area contributed by atoms with Crippen molar-refractivity contribution in [3.05, 3.63) is 121 Å². The average Bonchev–Trinajstić information content (AvgIpc) is 3.14. The van der Waals surface area contributed by atoms with Crippen LogP contribution in [0.3, 0.4) is 0 Å². The van der Waals surface area contributed by atoms with Crippen LogP contribution in [0.25, 0.3) is 54.9 Å². The van der Waals surface area contributed by atoms with Crippen LogP contribution >= 0.6 is 0 Å². The van der Waals surface area contributed by atoms with Gasteiger partial charge in [-0.15, -0.1) is 0 Å². The molecule has 1 aliphatic rings. The molecule has 0 amide bonds. The van der Waals surface area contributed by atoms with Gasteiger partial charge in [-0.2, -0.15) is 0 Å². The van der Waals surface area contributed by atoms with Gasteiger partial charge >= 0.3 is 0 Å². The van der Waals surface area contributed by atoms with Gasteiger partial charge in [0.25, 0.3) is 0 Å². The number of benzene rings is 6. The minimum atomic E-state index is -1.76. The van der Waals surface area contributed by atoms with E-state index in [2.05, 4.69) is 135 Å². The lowest BCUT2D eigenvalue weighted by Crippen LogP contribution is -2.49. The molecule has 0 saturated carbocycles. The van der Waals surface area contributed by atoms with Crippen LogP contribution in [-0.2, 0) is 0 Å². The zero-order chi connectivity index (χ0) is 24.4. The molecule has 0 aromatic heterocycles. The van der Waals surface area contributed by atoms with E-state index in [0.29, 0.717) is 0 Å². The maximum absolute atomic E-state index is 2.52. The normalized spacial score (nSPS) is 13.6. The Bertz CT molecular complexity index is 1810. The molecule has 1 heteroatoms. The van der Waals surface area contributed by atoms with Crippen LogP contribution in [0, 0.1) is 6.92 Å². The molecule has 0 fully saturated rings. The van der Waals surface area contributed by atoms with Crippen LogP contribution < -0.4 is 10.4 Å². The third kappa shape index (κ3) is 2.99. The van der Waals surface area contributed by atoms with Gasteiger partial charge in [0.05, 0.1) is 0 Å². The highest BCUT2D eigenvalue weighted by Crippen LogP contribution is 2.44. The van der Waals surface area contributed by atoms with E-state index in [-0.39, 0.29) is 0 Å². The Labute approximate surface area is 213 Å². The van der Waals surface area contributed by atoms with Crippen molar-refractivity contribution >= 4 is 40.0 Å². The number of hydrogen-bond donors (Lipinski definition) is 0. The summed E-state index contributed by atoms with van der Waals surface area (Å²) in [4.78, 5) is 0. The molecule has 7 rings (SSSR count). The molecule has 6 aromatic carbocycles. The van der Waals surface area contributed by atoms with Crippen LogP contribution in [-0.4, -0.2) is 8.07 Å². The Kier molecular flexibility index (Phi) is 4.61. The lowest BCUT2D eigenvalue weighted by Gasteiger charge is -2.21. The summed E-state index contributed by atoms with van der Waals surface area (Å²) in [5, 5.41) is 8.41. The van der Waals surface area contributed by atoms with Crippen molar-refractivity contribution in [1.29, 1.82) is 0 Å². The van der Waals surface area contributed by atoms with Crippen molar-refractivity contribution in [3.63, 3.8) is 0 Å². The number of hydrogen-bond acceptors (Lipinski definition) is 0. The first-order valence-corrected chi connectivity index (χ1v) is 15.8. The molecule has 0 N–H and O–H groups in total. The van der Waals surface area contributed by atoms with Gasteiger partial charge in [-0.1, -0.05) is 134 Å². The average molecular weight is 477 g/mol. The molecular weight excluding hydrogens is 448 g/mol. The first-order valence-electron chi connectivity index (χ1n) is 12.8. The van der Waals surface area contributed by atoms with Crippen LogP contribution in [0.5, 0.6) is 0 Å². The van der Waals surface area contributed by atoms with Crippen LogP contribution in [0.2, 0.25) is 13.1 Å². The van der Waals surface area contributed by atoms with E-state index in [0.717, 1.165) is 0 Å². The van der Waals surface area contributed by atoms with E-state index in [9.17, 15) is 0 Å². The zero-order valence-corrected chi connectivity index (χ0v) is 22.0. The molecule has 0 atom stereocenters. The van der Waals surface area contributed by atoms with Gasteiger partial charge in [0.15, 0.2) is 0 Å². The Morgan fingerprint density at radius 3 is 1.83 bits per heavy atom. The van der Waals surface area contributed by atoms with Crippen molar-refractivity contribution in [2.75, 3.05) is 0 Å². The smallest absolute Gasteiger partial charge is 0.0623 e. The predicted octanol–water partition coefficient (Wildman–Crippen LogP) is 8.44. The first-order chi connectivity index (χ1) is 17.5. The number of rotatable bonds is 2. The molecule has 172 valence electrons. The minimum absolute atomic E-state index is 1.27. The number of aryl methyl sites for hydroxylation is 1. The van der Waals surface area contributed by atoms with Crippen molar-refractivity contribution in [3.8, 4) is 33.4 Å². The molecule has 36 heavy (non-hydrogen) atoms. The topological polar surface area (TPSA) is 0 Å². The quantitative estimate of drug-likeness (QED) is 0.174. The minimum Gasteiger partial charge on any atom is -0.0623 e. The molecule has 0 nitrogen and oxygen atoms in total. The van der Waals surface area contributed by atoms with Crippen molar-refractivity contribution in [2.24, 2.45) is 0 Å². The Hall–Kier alpha value is -3.94. The second-order valence-corrected chi connectivity index (χ2v) is 15.0. The Morgan fingerprint density at radius 1 is 0.444 bits per heavy atom. The Morgan fingerprint density at radius 2 is 1.06 bits per heavy atom. The highest BCUT2D eigenvalue weighted by atomic mass is 28.3. The van der Waals surface area contributed by atoms with Gasteiger partial charge in [-0.05, 0) is 72.2 Å².